The molecule has 1 aliphatic heterocycles. The smallest absolute Gasteiger partial charge is 0.257 e. The topological polar surface area (TPSA) is 97.5 Å². The Morgan fingerprint density at radius 1 is 1.60 bits per heavy atom. The Hall–Kier alpha value is -1.99. The maximum absolute atomic E-state index is 12.1. The molecule has 2 aromatic heterocycles. The second-order valence-electron chi connectivity index (χ2n) is 5.05. The summed E-state index contributed by atoms with van der Waals surface area (Å²) in [6.45, 7) is 2.70. The number of ether oxygens (including phenoxy) is 1. The number of carbonyl (C=O) groups excluding carboxylic acids is 1. The first-order chi connectivity index (χ1) is 9.57. The fraction of sp³-hybridized carbons (Fsp3) is 0.462. The fourth-order valence-corrected chi connectivity index (χ4v) is 2.15. The second kappa shape index (κ2) is 4.84. The van der Waals surface area contributed by atoms with Gasteiger partial charge in [0.05, 0.1) is 23.3 Å². The Bertz CT molecular complexity index is 646. The van der Waals surface area contributed by atoms with Gasteiger partial charge in [0.2, 0.25) is 0 Å². The number of fused-ring (bicyclic) bond motifs is 1. The molecule has 3 rings (SSSR count). The van der Waals surface area contributed by atoms with Gasteiger partial charge >= 0.3 is 0 Å². The lowest BCUT2D eigenvalue weighted by Crippen LogP contribution is -2.43. The molecule has 106 valence electrons. The molecular formula is C13H15N3O4. The summed E-state index contributed by atoms with van der Waals surface area (Å²) in [5.74, 6) is -0.291. The number of carbonyl (C=O) groups is 1. The van der Waals surface area contributed by atoms with Crippen LogP contribution in [0, 0.1) is 6.92 Å². The van der Waals surface area contributed by atoms with Crippen molar-refractivity contribution in [2.75, 3.05) is 19.8 Å². The third-order valence-corrected chi connectivity index (χ3v) is 3.43. The van der Waals surface area contributed by atoms with Crippen molar-refractivity contribution in [3.8, 4) is 0 Å². The van der Waals surface area contributed by atoms with Crippen molar-refractivity contribution in [2.24, 2.45) is 0 Å². The van der Waals surface area contributed by atoms with E-state index in [0.717, 1.165) is 0 Å². The second-order valence-corrected chi connectivity index (χ2v) is 5.05. The SMILES string of the molecule is Cc1noc2ncc(C(=O)NCC3(O)CCOC3)cc12. The first-order valence-electron chi connectivity index (χ1n) is 6.38. The molecule has 7 heteroatoms. The highest BCUT2D eigenvalue weighted by molar-refractivity contribution is 5.96. The molecule has 1 fully saturated rings. The summed E-state index contributed by atoms with van der Waals surface area (Å²) in [4.78, 5) is 16.1. The van der Waals surface area contributed by atoms with Gasteiger partial charge in [-0.05, 0) is 13.0 Å². The van der Waals surface area contributed by atoms with Crippen molar-refractivity contribution in [3.63, 3.8) is 0 Å². The number of aryl methyl sites for hydroxylation is 1. The number of aromatic nitrogens is 2. The van der Waals surface area contributed by atoms with Crippen molar-refractivity contribution < 1.29 is 19.2 Å². The number of amides is 1. The van der Waals surface area contributed by atoms with Gasteiger partial charge in [-0.15, -0.1) is 0 Å². The zero-order chi connectivity index (χ0) is 14.2. The highest BCUT2D eigenvalue weighted by Gasteiger charge is 2.32. The summed E-state index contributed by atoms with van der Waals surface area (Å²) in [6.07, 6.45) is 1.95. The molecule has 0 saturated carbocycles. The normalized spacial score (nSPS) is 22.3. The molecule has 0 spiro atoms. The number of nitrogens with one attached hydrogen (secondary N) is 1. The highest BCUT2D eigenvalue weighted by Crippen LogP contribution is 2.18. The Balaban J connectivity index is 1.73. The van der Waals surface area contributed by atoms with Gasteiger partial charge in [-0.1, -0.05) is 5.16 Å². The molecule has 3 heterocycles. The van der Waals surface area contributed by atoms with E-state index in [0.29, 0.717) is 35.4 Å². The van der Waals surface area contributed by atoms with Crippen LogP contribution in [0.3, 0.4) is 0 Å². The molecule has 1 amide bonds. The molecule has 1 unspecified atom stereocenters. The van der Waals surface area contributed by atoms with E-state index >= 15 is 0 Å². The van der Waals surface area contributed by atoms with Crippen molar-refractivity contribution in [2.45, 2.75) is 18.9 Å². The van der Waals surface area contributed by atoms with Crippen molar-refractivity contribution in [1.29, 1.82) is 0 Å². The Labute approximate surface area is 114 Å². The van der Waals surface area contributed by atoms with Crippen LogP contribution in [0.2, 0.25) is 0 Å². The predicted octanol–water partition coefficient (Wildman–Crippen LogP) is 0.412. The molecule has 1 atom stereocenters. The number of rotatable bonds is 3. The van der Waals surface area contributed by atoms with E-state index in [1.807, 2.05) is 0 Å². The van der Waals surface area contributed by atoms with Crippen LogP contribution in [0.25, 0.3) is 11.1 Å². The molecule has 0 radical (unpaired) electrons. The zero-order valence-electron chi connectivity index (χ0n) is 11.0. The van der Waals surface area contributed by atoms with Crippen molar-refractivity contribution in [1.82, 2.24) is 15.5 Å². The molecule has 1 aliphatic rings. The van der Waals surface area contributed by atoms with E-state index in [-0.39, 0.29) is 19.1 Å². The van der Waals surface area contributed by atoms with Gasteiger partial charge in [0.25, 0.3) is 11.6 Å². The van der Waals surface area contributed by atoms with Crippen LogP contribution in [0.15, 0.2) is 16.8 Å². The molecule has 20 heavy (non-hydrogen) atoms. The summed E-state index contributed by atoms with van der Waals surface area (Å²) in [7, 11) is 0. The molecule has 2 N–H and O–H groups in total. The van der Waals surface area contributed by atoms with Gasteiger partial charge in [0.1, 0.15) is 5.60 Å². The standard InChI is InChI=1S/C13H15N3O4/c1-8-10-4-9(5-14-12(10)20-16-8)11(17)15-6-13(18)2-3-19-7-13/h4-5,18H,2-3,6-7H2,1H3,(H,15,17). The van der Waals surface area contributed by atoms with Gasteiger partial charge in [-0.3, -0.25) is 4.79 Å². The monoisotopic (exact) mass is 277 g/mol. The van der Waals surface area contributed by atoms with E-state index in [1.54, 1.807) is 13.0 Å². The Kier molecular flexibility index (Phi) is 3.15. The third-order valence-electron chi connectivity index (χ3n) is 3.43. The van der Waals surface area contributed by atoms with Crippen LogP contribution in [-0.2, 0) is 4.74 Å². The highest BCUT2D eigenvalue weighted by atomic mass is 16.5. The van der Waals surface area contributed by atoms with E-state index in [2.05, 4.69) is 15.5 Å². The number of hydrogen-bond donors (Lipinski definition) is 2. The largest absolute Gasteiger partial charge is 0.386 e. The molecule has 0 bridgehead atoms. The first-order valence-corrected chi connectivity index (χ1v) is 6.38. The van der Waals surface area contributed by atoms with Crippen LogP contribution in [-0.4, -0.2) is 46.5 Å². The molecular weight excluding hydrogens is 262 g/mol. The number of aliphatic hydroxyl groups is 1. The number of nitrogens with zero attached hydrogens (tertiary/aromatic N) is 2. The van der Waals surface area contributed by atoms with Gasteiger partial charge in [0, 0.05) is 25.8 Å². The quantitative estimate of drug-likeness (QED) is 0.843. The lowest BCUT2D eigenvalue weighted by atomic mass is 10.0. The zero-order valence-corrected chi connectivity index (χ0v) is 11.0. The van der Waals surface area contributed by atoms with Crippen molar-refractivity contribution >= 4 is 17.0 Å². The van der Waals surface area contributed by atoms with Crippen LogP contribution in [0.4, 0.5) is 0 Å². The summed E-state index contributed by atoms with van der Waals surface area (Å²) in [6, 6.07) is 1.68. The molecule has 0 aromatic carbocycles. The minimum absolute atomic E-state index is 0.159. The summed E-state index contributed by atoms with van der Waals surface area (Å²) < 4.78 is 10.1. The fourth-order valence-electron chi connectivity index (χ4n) is 2.15. The maximum atomic E-state index is 12.1. The number of hydrogen-bond acceptors (Lipinski definition) is 6. The number of pyridine rings is 1. The van der Waals surface area contributed by atoms with Gasteiger partial charge < -0.3 is 19.7 Å². The summed E-state index contributed by atoms with van der Waals surface area (Å²) in [5, 5.41) is 17.3. The van der Waals surface area contributed by atoms with E-state index in [9.17, 15) is 9.90 Å². The minimum Gasteiger partial charge on any atom is -0.386 e. The van der Waals surface area contributed by atoms with Gasteiger partial charge in [0.15, 0.2) is 0 Å². The molecule has 1 saturated heterocycles. The minimum atomic E-state index is -0.972. The summed E-state index contributed by atoms with van der Waals surface area (Å²) >= 11 is 0. The first kappa shape index (κ1) is 13.0. The van der Waals surface area contributed by atoms with E-state index in [1.165, 1.54) is 6.20 Å². The average Bonchev–Trinajstić information content (AvgIpc) is 3.04. The van der Waals surface area contributed by atoms with Crippen molar-refractivity contribution in [3.05, 3.63) is 23.5 Å². The van der Waals surface area contributed by atoms with E-state index < -0.39 is 5.60 Å². The lowest BCUT2D eigenvalue weighted by molar-refractivity contribution is 0.0264. The van der Waals surface area contributed by atoms with Crippen LogP contribution in [0.1, 0.15) is 22.5 Å². The Morgan fingerprint density at radius 3 is 3.20 bits per heavy atom. The predicted molar refractivity (Wildman–Crippen MR) is 69.3 cm³/mol. The lowest BCUT2D eigenvalue weighted by Gasteiger charge is -2.20. The van der Waals surface area contributed by atoms with Gasteiger partial charge in [-0.25, -0.2) is 4.98 Å². The van der Waals surface area contributed by atoms with Crippen LogP contribution in [0.5, 0.6) is 0 Å². The molecule has 2 aromatic rings. The molecule has 7 nitrogen and oxygen atoms in total. The van der Waals surface area contributed by atoms with Crippen LogP contribution >= 0.6 is 0 Å². The van der Waals surface area contributed by atoms with E-state index in [4.69, 9.17) is 9.26 Å². The maximum Gasteiger partial charge on any atom is 0.257 e. The van der Waals surface area contributed by atoms with Crippen LogP contribution < -0.4 is 5.32 Å². The Morgan fingerprint density at radius 2 is 2.45 bits per heavy atom. The summed E-state index contributed by atoms with van der Waals surface area (Å²) in [5.41, 5.74) is 0.526. The average molecular weight is 277 g/mol. The van der Waals surface area contributed by atoms with Gasteiger partial charge in [-0.2, -0.15) is 0 Å². The molecule has 0 aliphatic carbocycles. The third kappa shape index (κ3) is 2.37.